The van der Waals surface area contributed by atoms with Crippen LogP contribution in [0.15, 0.2) is 31.9 Å². The monoisotopic (exact) mass is 282 g/mol. The lowest BCUT2D eigenvalue weighted by atomic mass is 10.00. The number of fused-ring (bicyclic) bond motifs is 1. The Hall–Kier alpha value is -1.29. The fourth-order valence-electron chi connectivity index (χ4n) is 1.67. The average Bonchev–Trinajstić information content (AvgIpc) is 2.19. The van der Waals surface area contributed by atoms with Crippen LogP contribution in [-0.4, -0.2) is 5.11 Å². The lowest BCUT2D eigenvalue weighted by Crippen LogP contribution is -2.01. The minimum Gasteiger partial charge on any atom is -0.507 e. The minimum absolute atomic E-state index is 0.0663. The molecular weight excluding hydrogens is 272 g/mol. The molecule has 16 heavy (non-hydrogen) atoms. The van der Waals surface area contributed by atoms with E-state index in [9.17, 15) is 9.90 Å². The molecule has 0 unspecified atom stereocenters. The normalized spacial score (nSPS) is 11.2. The summed E-state index contributed by atoms with van der Waals surface area (Å²) in [5.74, 6) is 0.291. The van der Waals surface area contributed by atoms with E-state index >= 15 is 0 Å². The third-order valence-corrected chi connectivity index (χ3v) is 3.10. The molecule has 0 aliphatic heterocycles. The van der Waals surface area contributed by atoms with Crippen molar-refractivity contribution in [1.29, 1.82) is 0 Å². The van der Waals surface area contributed by atoms with Gasteiger partial charge in [-0.05, 0) is 33.5 Å². The number of phenols is 1. The van der Waals surface area contributed by atoms with Crippen molar-refractivity contribution in [3.63, 3.8) is 0 Å². The van der Waals surface area contributed by atoms with Gasteiger partial charge in [-0.1, -0.05) is 13.8 Å². The molecular formula is C12H11BrO3. The summed E-state index contributed by atoms with van der Waals surface area (Å²) in [6.45, 7) is 4.02. The first-order valence-electron chi connectivity index (χ1n) is 4.95. The standard InChI is InChI=1S/C12H11BrO3/c1-6(2)7-4-12(15)16-11-5-10(14)9(13)3-8(7)11/h3-6,14H,1-2H3. The van der Waals surface area contributed by atoms with Crippen molar-refractivity contribution in [2.45, 2.75) is 19.8 Å². The molecule has 0 atom stereocenters. The highest BCUT2D eigenvalue weighted by Crippen LogP contribution is 2.32. The first kappa shape index (κ1) is 11.2. The third kappa shape index (κ3) is 1.85. The predicted octanol–water partition coefficient (Wildman–Crippen LogP) is 3.38. The van der Waals surface area contributed by atoms with Crippen LogP contribution in [0.5, 0.6) is 5.75 Å². The van der Waals surface area contributed by atoms with Gasteiger partial charge in [-0.2, -0.15) is 0 Å². The van der Waals surface area contributed by atoms with E-state index in [4.69, 9.17) is 4.42 Å². The van der Waals surface area contributed by atoms with Gasteiger partial charge >= 0.3 is 5.63 Å². The molecule has 0 saturated heterocycles. The summed E-state index contributed by atoms with van der Waals surface area (Å²) in [5.41, 5.74) is 0.946. The number of benzene rings is 1. The molecule has 1 heterocycles. The molecule has 84 valence electrons. The smallest absolute Gasteiger partial charge is 0.336 e. The summed E-state index contributed by atoms with van der Waals surface area (Å²) in [7, 11) is 0. The third-order valence-electron chi connectivity index (χ3n) is 2.47. The molecule has 1 aromatic carbocycles. The van der Waals surface area contributed by atoms with Crippen LogP contribution in [0.1, 0.15) is 25.3 Å². The van der Waals surface area contributed by atoms with E-state index in [0.717, 1.165) is 10.9 Å². The van der Waals surface area contributed by atoms with Crippen molar-refractivity contribution < 1.29 is 9.52 Å². The van der Waals surface area contributed by atoms with Crippen LogP contribution in [0.3, 0.4) is 0 Å². The molecule has 0 aliphatic rings. The van der Waals surface area contributed by atoms with Gasteiger partial charge in [0.05, 0.1) is 4.47 Å². The van der Waals surface area contributed by atoms with Gasteiger partial charge in [0, 0.05) is 17.5 Å². The summed E-state index contributed by atoms with van der Waals surface area (Å²) in [6, 6.07) is 4.71. The molecule has 0 radical (unpaired) electrons. The Labute approximate surface area is 101 Å². The van der Waals surface area contributed by atoms with Crippen LogP contribution in [0.2, 0.25) is 0 Å². The van der Waals surface area contributed by atoms with Crippen molar-refractivity contribution in [2.24, 2.45) is 0 Å². The molecule has 0 spiro atoms. The SMILES string of the molecule is CC(C)c1cc(=O)oc2cc(O)c(Br)cc12. The van der Waals surface area contributed by atoms with E-state index in [0.29, 0.717) is 10.1 Å². The summed E-state index contributed by atoms with van der Waals surface area (Å²) in [4.78, 5) is 11.3. The lowest BCUT2D eigenvalue weighted by Gasteiger charge is -2.09. The van der Waals surface area contributed by atoms with E-state index in [-0.39, 0.29) is 11.7 Å². The maximum Gasteiger partial charge on any atom is 0.336 e. The van der Waals surface area contributed by atoms with Gasteiger partial charge in [0.2, 0.25) is 0 Å². The van der Waals surface area contributed by atoms with Gasteiger partial charge < -0.3 is 9.52 Å². The molecule has 1 aromatic heterocycles. The number of aromatic hydroxyl groups is 1. The van der Waals surface area contributed by atoms with Gasteiger partial charge in [0.15, 0.2) is 0 Å². The Morgan fingerprint density at radius 1 is 1.31 bits per heavy atom. The Balaban J connectivity index is 2.90. The first-order valence-corrected chi connectivity index (χ1v) is 5.74. The second kappa shape index (κ2) is 3.94. The van der Waals surface area contributed by atoms with E-state index in [1.807, 2.05) is 13.8 Å². The number of hydrogen-bond acceptors (Lipinski definition) is 3. The van der Waals surface area contributed by atoms with Gasteiger partial charge in [-0.15, -0.1) is 0 Å². The molecule has 0 fully saturated rings. The second-order valence-corrected chi connectivity index (χ2v) is 4.83. The largest absolute Gasteiger partial charge is 0.507 e. The molecule has 0 saturated carbocycles. The Morgan fingerprint density at radius 3 is 2.62 bits per heavy atom. The van der Waals surface area contributed by atoms with E-state index in [1.54, 1.807) is 6.07 Å². The molecule has 1 N–H and O–H groups in total. The number of hydrogen-bond donors (Lipinski definition) is 1. The molecule has 0 bridgehead atoms. The zero-order valence-electron chi connectivity index (χ0n) is 8.95. The van der Waals surface area contributed by atoms with Crippen LogP contribution in [0.4, 0.5) is 0 Å². The van der Waals surface area contributed by atoms with Crippen LogP contribution in [0.25, 0.3) is 11.0 Å². The highest BCUT2D eigenvalue weighted by atomic mass is 79.9. The average molecular weight is 283 g/mol. The van der Waals surface area contributed by atoms with Crippen molar-refractivity contribution in [1.82, 2.24) is 0 Å². The lowest BCUT2D eigenvalue weighted by molar-refractivity contribution is 0.469. The first-order chi connectivity index (χ1) is 7.49. The molecule has 4 heteroatoms. The highest BCUT2D eigenvalue weighted by molar-refractivity contribution is 9.10. The Kier molecular flexibility index (Phi) is 2.76. The van der Waals surface area contributed by atoms with Crippen molar-refractivity contribution in [3.8, 4) is 5.75 Å². The second-order valence-electron chi connectivity index (χ2n) is 3.98. The Morgan fingerprint density at radius 2 is 2.00 bits per heavy atom. The number of phenolic OH excluding ortho intramolecular Hbond substituents is 1. The quantitative estimate of drug-likeness (QED) is 0.816. The van der Waals surface area contributed by atoms with Crippen LogP contribution in [-0.2, 0) is 0 Å². The maximum atomic E-state index is 11.3. The fourth-order valence-corrected chi connectivity index (χ4v) is 2.02. The van der Waals surface area contributed by atoms with Gasteiger partial charge in [-0.25, -0.2) is 4.79 Å². The molecule has 2 aromatic rings. The molecule has 3 nitrogen and oxygen atoms in total. The van der Waals surface area contributed by atoms with E-state index in [2.05, 4.69) is 15.9 Å². The van der Waals surface area contributed by atoms with Crippen LogP contribution < -0.4 is 5.63 Å². The van der Waals surface area contributed by atoms with Crippen molar-refractivity contribution in [2.75, 3.05) is 0 Å². The summed E-state index contributed by atoms with van der Waals surface area (Å²) < 4.78 is 5.65. The van der Waals surface area contributed by atoms with Gasteiger partial charge in [0.25, 0.3) is 0 Å². The van der Waals surface area contributed by atoms with Crippen LogP contribution in [0, 0.1) is 0 Å². The summed E-state index contributed by atoms with van der Waals surface area (Å²) >= 11 is 3.25. The summed E-state index contributed by atoms with van der Waals surface area (Å²) in [5, 5.41) is 10.4. The number of rotatable bonds is 1. The predicted molar refractivity (Wildman–Crippen MR) is 65.9 cm³/mol. The van der Waals surface area contributed by atoms with E-state index < -0.39 is 5.63 Å². The highest BCUT2D eigenvalue weighted by Gasteiger charge is 2.11. The molecule has 0 aliphatic carbocycles. The van der Waals surface area contributed by atoms with Crippen molar-refractivity contribution in [3.05, 3.63) is 38.7 Å². The molecule has 2 rings (SSSR count). The zero-order valence-corrected chi connectivity index (χ0v) is 10.5. The molecule has 0 amide bonds. The topological polar surface area (TPSA) is 50.4 Å². The Bertz CT molecular complexity index is 599. The zero-order chi connectivity index (χ0) is 11.9. The fraction of sp³-hybridized carbons (Fsp3) is 0.250. The van der Waals surface area contributed by atoms with Gasteiger partial charge in [0.1, 0.15) is 11.3 Å². The maximum absolute atomic E-state index is 11.3. The number of halogens is 1. The van der Waals surface area contributed by atoms with Crippen molar-refractivity contribution >= 4 is 26.9 Å². The van der Waals surface area contributed by atoms with Gasteiger partial charge in [-0.3, -0.25) is 0 Å². The minimum atomic E-state index is -0.391. The van der Waals surface area contributed by atoms with E-state index in [1.165, 1.54) is 12.1 Å². The van der Waals surface area contributed by atoms with Crippen LogP contribution >= 0.6 is 15.9 Å². The summed E-state index contributed by atoms with van der Waals surface area (Å²) in [6.07, 6.45) is 0.